The molecule has 0 heterocycles. The molecule has 0 aliphatic rings. The lowest BCUT2D eigenvalue weighted by molar-refractivity contribution is 1.13. The third kappa shape index (κ3) is 3.09. The fourth-order valence-corrected chi connectivity index (χ4v) is 2.94. The summed E-state index contributed by atoms with van der Waals surface area (Å²) in [6, 6.07) is 15.5. The van der Waals surface area contributed by atoms with Crippen LogP contribution in [0.3, 0.4) is 0 Å². The van der Waals surface area contributed by atoms with E-state index >= 15 is 0 Å². The third-order valence-corrected chi connectivity index (χ3v) is 4.18. The van der Waals surface area contributed by atoms with E-state index in [-0.39, 0.29) is 0 Å². The zero-order valence-electron chi connectivity index (χ0n) is 14.1. The van der Waals surface area contributed by atoms with Gasteiger partial charge in [0.1, 0.15) is 0 Å². The molecule has 1 N–H and O–H groups in total. The number of nitrogens with one attached hydrogen (secondary N) is 1. The van der Waals surface area contributed by atoms with Crippen molar-refractivity contribution in [3.63, 3.8) is 0 Å². The van der Waals surface area contributed by atoms with E-state index in [2.05, 4.69) is 11.9 Å². The van der Waals surface area contributed by atoms with Gasteiger partial charge in [-0.05, 0) is 29.2 Å². The second-order valence-corrected chi connectivity index (χ2v) is 5.76. The maximum atomic E-state index is 12.2. The van der Waals surface area contributed by atoms with E-state index in [0.29, 0.717) is 17.8 Å². The molecule has 0 fully saturated rings. The van der Waals surface area contributed by atoms with Crippen LogP contribution in [0.4, 0.5) is 5.69 Å². The first kappa shape index (κ1) is 16.7. The topological polar surface area (TPSA) is 46.2 Å². The van der Waals surface area contributed by atoms with Crippen LogP contribution in [0.2, 0.25) is 0 Å². The number of hydrogen-bond donors (Lipinski definition) is 1. The Morgan fingerprint density at radius 2 is 1.76 bits per heavy atom. The van der Waals surface area contributed by atoms with Crippen LogP contribution in [0.15, 0.2) is 70.8 Å². The number of benzene rings is 2. The van der Waals surface area contributed by atoms with Crippen LogP contribution in [-0.2, 0) is 6.54 Å². The van der Waals surface area contributed by atoms with Crippen LogP contribution in [0.25, 0.3) is 23.3 Å². The highest BCUT2D eigenvalue weighted by Crippen LogP contribution is 2.31. The molecule has 0 saturated heterocycles. The Kier molecular flexibility index (Phi) is 4.75. The first-order chi connectivity index (χ1) is 12.2. The molecule has 25 heavy (non-hydrogen) atoms. The van der Waals surface area contributed by atoms with E-state index in [1.807, 2.05) is 67.6 Å². The molecule has 0 bridgehead atoms. The van der Waals surface area contributed by atoms with E-state index in [1.165, 1.54) is 0 Å². The lowest BCUT2D eigenvalue weighted by Gasteiger charge is -2.16. The maximum absolute atomic E-state index is 12.2. The number of allylic oxidation sites excluding steroid dienone is 1. The van der Waals surface area contributed by atoms with Crippen molar-refractivity contribution in [2.24, 2.45) is 0 Å². The van der Waals surface area contributed by atoms with Gasteiger partial charge in [-0.1, -0.05) is 73.3 Å². The lowest BCUT2D eigenvalue weighted by atomic mass is 9.91. The molecule has 3 aromatic carbocycles. The van der Waals surface area contributed by atoms with Crippen molar-refractivity contribution in [2.45, 2.75) is 13.5 Å². The van der Waals surface area contributed by atoms with Crippen molar-refractivity contribution in [1.82, 2.24) is 0 Å². The average Bonchev–Trinajstić information content (AvgIpc) is 2.66. The van der Waals surface area contributed by atoms with Crippen molar-refractivity contribution in [2.75, 3.05) is 5.32 Å². The zero-order chi connectivity index (χ0) is 17.8. The van der Waals surface area contributed by atoms with Gasteiger partial charge >= 0.3 is 0 Å². The molecule has 0 spiro atoms. The summed E-state index contributed by atoms with van der Waals surface area (Å²) in [6.07, 6.45) is 5.60. The van der Waals surface area contributed by atoms with Crippen LogP contribution in [-0.4, -0.2) is 0 Å². The normalized spacial score (nSPS) is 11.1. The largest absolute Gasteiger partial charge is 0.377 e. The maximum Gasteiger partial charge on any atom is 0.250 e. The van der Waals surface area contributed by atoms with E-state index in [0.717, 1.165) is 22.3 Å². The SMILES string of the molecule is C=Cc1cccc(-c2c(NCc3ccccc3)c(=O)c2=O)c1/C=C\C. The smallest absolute Gasteiger partial charge is 0.250 e. The summed E-state index contributed by atoms with van der Waals surface area (Å²) in [5.74, 6) is 0. The van der Waals surface area contributed by atoms with Gasteiger partial charge in [0.25, 0.3) is 0 Å². The predicted molar refractivity (Wildman–Crippen MR) is 105 cm³/mol. The van der Waals surface area contributed by atoms with Crippen LogP contribution < -0.4 is 16.2 Å². The van der Waals surface area contributed by atoms with E-state index in [4.69, 9.17) is 0 Å². The van der Waals surface area contributed by atoms with Crippen LogP contribution in [0, 0.1) is 0 Å². The highest BCUT2D eigenvalue weighted by Gasteiger charge is 2.24. The molecule has 0 unspecified atom stereocenters. The summed E-state index contributed by atoms with van der Waals surface area (Å²) in [6.45, 7) is 6.25. The second kappa shape index (κ2) is 7.14. The number of rotatable bonds is 6. The van der Waals surface area contributed by atoms with Gasteiger partial charge < -0.3 is 5.32 Å². The minimum atomic E-state index is -0.457. The van der Waals surface area contributed by atoms with Gasteiger partial charge in [-0.15, -0.1) is 0 Å². The minimum Gasteiger partial charge on any atom is -0.377 e. The van der Waals surface area contributed by atoms with Gasteiger partial charge in [0, 0.05) is 6.54 Å². The average molecular weight is 329 g/mol. The zero-order valence-corrected chi connectivity index (χ0v) is 14.1. The van der Waals surface area contributed by atoms with Crippen molar-refractivity contribution in [3.05, 3.63) is 98.3 Å². The fraction of sp³-hybridized carbons (Fsp3) is 0.0909. The molecule has 3 heteroatoms. The van der Waals surface area contributed by atoms with Crippen LogP contribution in [0.1, 0.15) is 23.6 Å². The van der Waals surface area contributed by atoms with Gasteiger partial charge in [-0.2, -0.15) is 0 Å². The quantitative estimate of drug-likeness (QED) is 0.688. The first-order valence-electron chi connectivity index (χ1n) is 8.17. The summed E-state index contributed by atoms with van der Waals surface area (Å²) in [5.41, 5.74) is 3.58. The molecular formula is C22H19NO2. The molecule has 0 aromatic heterocycles. The van der Waals surface area contributed by atoms with E-state index < -0.39 is 10.9 Å². The Morgan fingerprint density at radius 3 is 2.44 bits per heavy atom. The third-order valence-electron chi connectivity index (χ3n) is 4.18. The molecule has 0 saturated carbocycles. The van der Waals surface area contributed by atoms with Gasteiger partial charge in [0.2, 0.25) is 10.9 Å². The Hall–Kier alpha value is -3.20. The highest BCUT2D eigenvalue weighted by atomic mass is 16.2. The van der Waals surface area contributed by atoms with Crippen molar-refractivity contribution >= 4 is 17.8 Å². The molecule has 0 aliphatic carbocycles. The van der Waals surface area contributed by atoms with Gasteiger partial charge in [0.05, 0.1) is 11.3 Å². The van der Waals surface area contributed by atoms with Gasteiger partial charge in [-0.3, -0.25) is 9.59 Å². The van der Waals surface area contributed by atoms with Crippen molar-refractivity contribution in [3.8, 4) is 11.1 Å². The lowest BCUT2D eigenvalue weighted by Crippen LogP contribution is -2.36. The summed E-state index contributed by atoms with van der Waals surface area (Å²) in [7, 11) is 0. The number of hydrogen-bond acceptors (Lipinski definition) is 3. The van der Waals surface area contributed by atoms with E-state index in [1.54, 1.807) is 6.08 Å². The Labute approximate surface area is 146 Å². The molecule has 3 aromatic rings. The molecule has 0 aliphatic heterocycles. The molecule has 3 rings (SSSR count). The minimum absolute atomic E-state index is 0.390. The first-order valence-corrected chi connectivity index (χ1v) is 8.17. The van der Waals surface area contributed by atoms with Crippen LogP contribution in [0.5, 0.6) is 0 Å². The highest BCUT2D eigenvalue weighted by molar-refractivity contribution is 5.89. The van der Waals surface area contributed by atoms with Crippen LogP contribution >= 0.6 is 0 Å². The monoisotopic (exact) mass is 329 g/mol. The number of anilines is 1. The summed E-state index contributed by atoms with van der Waals surface area (Å²) >= 11 is 0. The van der Waals surface area contributed by atoms with Gasteiger partial charge in [0.15, 0.2) is 0 Å². The molecule has 0 radical (unpaired) electrons. The van der Waals surface area contributed by atoms with Crippen molar-refractivity contribution in [1.29, 1.82) is 0 Å². The molecule has 0 atom stereocenters. The predicted octanol–water partition coefficient (Wildman–Crippen LogP) is 4.24. The van der Waals surface area contributed by atoms with E-state index in [9.17, 15) is 9.59 Å². The summed E-state index contributed by atoms with van der Waals surface area (Å²) in [4.78, 5) is 24.3. The molecular weight excluding hydrogens is 310 g/mol. The summed E-state index contributed by atoms with van der Waals surface area (Å²) in [5, 5.41) is 3.13. The Balaban J connectivity index is 2.02. The second-order valence-electron chi connectivity index (χ2n) is 5.76. The standard InChI is InChI=1S/C22H19NO2/c1-3-9-17-16(4-2)12-8-13-18(17)19-20(22(25)21(19)24)23-14-15-10-6-5-7-11-15/h3-13,23H,2,14H2,1H3/b9-3-. The van der Waals surface area contributed by atoms with Crippen molar-refractivity contribution < 1.29 is 0 Å². The van der Waals surface area contributed by atoms with Gasteiger partial charge in [-0.25, -0.2) is 0 Å². The fourth-order valence-electron chi connectivity index (χ4n) is 2.94. The Morgan fingerprint density at radius 1 is 1.00 bits per heavy atom. The molecule has 0 amide bonds. The summed E-state index contributed by atoms with van der Waals surface area (Å²) < 4.78 is 0. The Bertz CT molecular complexity index is 1010. The molecule has 124 valence electrons. The molecule has 3 nitrogen and oxygen atoms in total.